The first-order valence-electron chi connectivity index (χ1n) is 7.36. The summed E-state index contributed by atoms with van der Waals surface area (Å²) in [4.78, 5) is 15.6. The Balaban J connectivity index is 1.83. The van der Waals surface area contributed by atoms with E-state index in [9.17, 15) is 4.79 Å². The fourth-order valence-corrected chi connectivity index (χ4v) is 2.95. The maximum absolute atomic E-state index is 12.4. The van der Waals surface area contributed by atoms with E-state index in [0.717, 1.165) is 38.1 Å². The van der Waals surface area contributed by atoms with E-state index in [2.05, 4.69) is 6.58 Å². The van der Waals surface area contributed by atoms with Crippen molar-refractivity contribution < 1.29 is 9.53 Å². The minimum atomic E-state index is 0.146. The highest BCUT2D eigenvalue weighted by molar-refractivity contribution is 7.98. The lowest BCUT2D eigenvalue weighted by atomic mass is 9.97. The number of hydrogen-bond acceptors (Lipinski definition) is 3. The minimum absolute atomic E-state index is 0.146. The summed E-state index contributed by atoms with van der Waals surface area (Å²) in [6.45, 7) is 6.68. The minimum Gasteiger partial charge on any atom is -0.377 e. The van der Waals surface area contributed by atoms with Crippen LogP contribution in [0.3, 0.4) is 0 Å². The molecule has 1 fully saturated rings. The Bertz CT molecular complexity index is 464. The molecule has 2 rings (SSSR count). The molecule has 0 spiro atoms. The number of carbonyl (C=O) groups is 1. The van der Waals surface area contributed by atoms with Crippen LogP contribution in [0.1, 0.15) is 23.2 Å². The van der Waals surface area contributed by atoms with Crippen molar-refractivity contribution in [1.82, 2.24) is 4.90 Å². The Morgan fingerprint density at radius 2 is 2.05 bits per heavy atom. The highest BCUT2D eigenvalue weighted by atomic mass is 32.2. The van der Waals surface area contributed by atoms with Crippen LogP contribution in [0.5, 0.6) is 0 Å². The molecule has 1 aromatic carbocycles. The maximum Gasteiger partial charge on any atom is 0.253 e. The van der Waals surface area contributed by atoms with Gasteiger partial charge >= 0.3 is 0 Å². The molecule has 1 aliphatic rings. The Kier molecular flexibility index (Phi) is 6.33. The summed E-state index contributed by atoms with van der Waals surface area (Å²) < 4.78 is 5.50. The molecule has 0 unspecified atom stereocenters. The van der Waals surface area contributed by atoms with Crippen molar-refractivity contribution in [2.45, 2.75) is 17.7 Å². The van der Waals surface area contributed by atoms with E-state index in [4.69, 9.17) is 4.74 Å². The number of amides is 1. The van der Waals surface area contributed by atoms with Crippen LogP contribution in [0.2, 0.25) is 0 Å². The lowest BCUT2D eigenvalue weighted by molar-refractivity contribution is 0.0575. The summed E-state index contributed by atoms with van der Waals surface area (Å²) in [6, 6.07) is 7.86. The number of thioether (sulfide) groups is 1. The molecule has 1 saturated heterocycles. The molecule has 0 bridgehead atoms. The molecule has 0 aromatic heterocycles. The summed E-state index contributed by atoms with van der Waals surface area (Å²) in [6.07, 6.45) is 5.85. The van der Waals surface area contributed by atoms with Crippen molar-refractivity contribution in [1.29, 1.82) is 0 Å². The standard InChI is InChI=1S/C17H23NO2S/c1-3-12-20-13-14-8-10-18(11-9-14)17(19)15-4-6-16(21-2)7-5-15/h3-7,14H,1,8-13H2,2H3. The first-order valence-corrected chi connectivity index (χ1v) is 8.59. The second-order valence-electron chi connectivity index (χ2n) is 5.29. The molecule has 1 amide bonds. The third kappa shape index (κ3) is 4.61. The number of rotatable bonds is 6. The quantitative estimate of drug-likeness (QED) is 0.458. The molecule has 0 N–H and O–H groups in total. The summed E-state index contributed by atoms with van der Waals surface area (Å²) in [7, 11) is 0. The van der Waals surface area contributed by atoms with Crippen LogP contribution in [-0.2, 0) is 4.74 Å². The fraction of sp³-hybridized carbons (Fsp3) is 0.471. The zero-order valence-corrected chi connectivity index (χ0v) is 13.4. The number of benzene rings is 1. The lowest BCUT2D eigenvalue weighted by Crippen LogP contribution is -2.39. The van der Waals surface area contributed by atoms with Gasteiger partial charge in [0.15, 0.2) is 0 Å². The number of nitrogens with zero attached hydrogens (tertiary/aromatic N) is 1. The largest absolute Gasteiger partial charge is 0.377 e. The first kappa shape index (κ1) is 16.1. The Morgan fingerprint density at radius 3 is 2.62 bits per heavy atom. The van der Waals surface area contributed by atoms with Gasteiger partial charge in [-0.1, -0.05) is 6.08 Å². The Hall–Kier alpha value is -1.26. The van der Waals surface area contributed by atoms with Gasteiger partial charge in [-0.2, -0.15) is 0 Å². The van der Waals surface area contributed by atoms with Crippen LogP contribution in [0, 0.1) is 5.92 Å². The van der Waals surface area contributed by atoms with Crippen LogP contribution in [0.15, 0.2) is 41.8 Å². The van der Waals surface area contributed by atoms with Crippen LogP contribution < -0.4 is 0 Å². The highest BCUT2D eigenvalue weighted by Gasteiger charge is 2.23. The fourth-order valence-electron chi connectivity index (χ4n) is 2.54. The Morgan fingerprint density at radius 1 is 1.38 bits per heavy atom. The summed E-state index contributed by atoms with van der Waals surface area (Å²) in [5.74, 6) is 0.709. The van der Waals surface area contributed by atoms with Gasteiger partial charge in [0.2, 0.25) is 0 Å². The molecule has 114 valence electrons. The molecule has 1 aromatic rings. The lowest BCUT2D eigenvalue weighted by Gasteiger charge is -2.32. The van der Waals surface area contributed by atoms with Crippen molar-refractivity contribution in [3.8, 4) is 0 Å². The van der Waals surface area contributed by atoms with Crippen LogP contribution in [0.4, 0.5) is 0 Å². The third-order valence-corrected chi connectivity index (χ3v) is 4.57. The van der Waals surface area contributed by atoms with E-state index < -0.39 is 0 Å². The average Bonchev–Trinajstić information content (AvgIpc) is 2.55. The van der Waals surface area contributed by atoms with Gasteiger partial charge in [0, 0.05) is 30.2 Å². The number of piperidine rings is 1. The molecule has 0 atom stereocenters. The van der Waals surface area contributed by atoms with E-state index in [1.165, 1.54) is 4.90 Å². The molecule has 1 aliphatic heterocycles. The molecule has 1 heterocycles. The van der Waals surface area contributed by atoms with E-state index >= 15 is 0 Å². The Labute approximate surface area is 131 Å². The highest BCUT2D eigenvalue weighted by Crippen LogP contribution is 2.21. The zero-order chi connectivity index (χ0) is 15.1. The van der Waals surface area contributed by atoms with Gasteiger partial charge in [0.05, 0.1) is 6.61 Å². The van der Waals surface area contributed by atoms with Gasteiger partial charge in [-0.3, -0.25) is 4.79 Å². The van der Waals surface area contributed by atoms with Crippen molar-refractivity contribution in [2.24, 2.45) is 5.92 Å². The number of hydrogen-bond donors (Lipinski definition) is 0. The van der Waals surface area contributed by atoms with Gasteiger partial charge in [-0.15, -0.1) is 18.3 Å². The van der Waals surface area contributed by atoms with Gasteiger partial charge in [0.25, 0.3) is 5.91 Å². The molecule has 4 heteroatoms. The van der Waals surface area contributed by atoms with Crippen LogP contribution in [0.25, 0.3) is 0 Å². The van der Waals surface area contributed by atoms with E-state index in [0.29, 0.717) is 12.5 Å². The maximum atomic E-state index is 12.4. The average molecular weight is 305 g/mol. The third-order valence-electron chi connectivity index (χ3n) is 3.83. The molecule has 21 heavy (non-hydrogen) atoms. The number of likely N-dealkylation sites (tertiary alicyclic amines) is 1. The van der Waals surface area contributed by atoms with Gasteiger partial charge < -0.3 is 9.64 Å². The van der Waals surface area contributed by atoms with Gasteiger partial charge in [-0.05, 0) is 49.3 Å². The molecule has 0 radical (unpaired) electrons. The normalized spacial score (nSPS) is 16.0. The summed E-state index contributed by atoms with van der Waals surface area (Å²) in [5.41, 5.74) is 0.786. The predicted molar refractivity (Wildman–Crippen MR) is 87.9 cm³/mol. The zero-order valence-electron chi connectivity index (χ0n) is 12.6. The molecular weight excluding hydrogens is 282 g/mol. The van der Waals surface area contributed by atoms with Gasteiger partial charge in [0.1, 0.15) is 0 Å². The van der Waals surface area contributed by atoms with E-state index in [1.807, 2.05) is 35.4 Å². The predicted octanol–water partition coefficient (Wildman–Crippen LogP) is 3.46. The van der Waals surface area contributed by atoms with Crippen molar-refractivity contribution in [2.75, 3.05) is 32.6 Å². The smallest absolute Gasteiger partial charge is 0.253 e. The van der Waals surface area contributed by atoms with Crippen molar-refractivity contribution in [3.05, 3.63) is 42.5 Å². The molecule has 0 saturated carbocycles. The van der Waals surface area contributed by atoms with Crippen molar-refractivity contribution >= 4 is 17.7 Å². The number of carbonyl (C=O) groups excluding carboxylic acids is 1. The van der Waals surface area contributed by atoms with Crippen LogP contribution in [-0.4, -0.2) is 43.4 Å². The van der Waals surface area contributed by atoms with E-state index in [1.54, 1.807) is 17.8 Å². The van der Waals surface area contributed by atoms with Gasteiger partial charge in [-0.25, -0.2) is 0 Å². The summed E-state index contributed by atoms with van der Waals surface area (Å²) in [5, 5.41) is 0. The van der Waals surface area contributed by atoms with Crippen molar-refractivity contribution in [3.63, 3.8) is 0 Å². The second-order valence-corrected chi connectivity index (χ2v) is 6.17. The first-order chi connectivity index (χ1) is 10.2. The topological polar surface area (TPSA) is 29.5 Å². The number of ether oxygens (including phenoxy) is 1. The molecule has 0 aliphatic carbocycles. The van der Waals surface area contributed by atoms with E-state index in [-0.39, 0.29) is 5.91 Å². The molecular formula is C17H23NO2S. The second kappa shape index (κ2) is 8.25. The molecule has 3 nitrogen and oxygen atoms in total. The monoisotopic (exact) mass is 305 g/mol. The summed E-state index contributed by atoms with van der Waals surface area (Å²) >= 11 is 1.69. The van der Waals surface area contributed by atoms with Crippen LogP contribution >= 0.6 is 11.8 Å². The SMILES string of the molecule is C=CCOCC1CCN(C(=O)c2ccc(SC)cc2)CC1.